The Kier molecular flexibility index (Phi) is 7.49. The minimum absolute atomic E-state index is 0.0770. The van der Waals surface area contributed by atoms with Crippen LogP contribution >= 0.6 is 0 Å². The molecule has 6 heteroatoms. The zero-order valence-electron chi connectivity index (χ0n) is 15.0. The normalized spacial score (nSPS) is 10.1. The number of benzene rings is 2. The molecule has 0 unspecified atom stereocenters. The van der Waals surface area contributed by atoms with Gasteiger partial charge in [0.2, 0.25) is 0 Å². The van der Waals surface area contributed by atoms with E-state index in [9.17, 15) is 9.59 Å². The van der Waals surface area contributed by atoms with Crippen molar-refractivity contribution in [1.82, 2.24) is 5.32 Å². The van der Waals surface area contributed by atoms with Crippen molar-refractivity contribution in [3.63, 3.8) is 0 Å². The van der Waals surface area contributed by atoms with Crippen molar-refractivity contribution in [2.45, 2.75) is 19.9 Å². The lowest BCUT2D eigenvalue weighted by Crippen LogP contribution is -2.28. The SMILES string of the molecule is COc1ccccc1CNC(=O)COC(=O)CCOc1ccc(C)cc1. The third-order valence-electron chi connectivity index (χ3n) is 3.63. The summed E-state index contributed by atoms with van der Waals surface area (Å²) in [5, 5.41) is 2.69. The van der Waals surface area contributed by atoms with Gasteiger partial charge in [-0.15, -0.1) is 0 Å². The summed E-state index contributed by atoms with van der Waals surface area (Å²) in [6, 6.07) is 14.9. The van der Waals surface area contributed by atoms with Crippen molar-refractivity contribution in [1.29, 1.82) is 0 Å². The van der Waals surface area contributed by atoms with Gasteiger partial charge in [0.05, 0.1) is 20.1 Å². The van der Waals surface area contributed by atoms with Crippen LogP contribution < -0.4 is 14.8 Å². The molecule has 0 aromatic heterocycles. The lowest BCUT2D eigenvalue weighted by atomic mass is 10.2. The molecule has 0 saturated heterocycles. The van der Waals surface area contributed by atoms with Gasteiger partial charge in [-0.05, 0) is 25.1 Å². The Bertz CT molecular complexity index is 727. The van der Waals surface area contributed by atoms with Crippen LogP contribution in [0.4, 0.5) is 0 Å². The first kappa shape index (κ1) is 19.3. The average Bonchev–Trinajstić information content (AvgIpc) is 2.66. The second-order valence-corrected chi connectivity index (χ2v) is 5.66. The Morgan fingerprint density at radius 1 is 1.04 bits per heavy atom. The van der Waals surface area contributed by atoms with E-state index < -0.39 is 5.97 Å². The number of hydrogen-bond acceptors (Lipinski definition) is 5. The molecule has 1 amide bonds. The van der Waals surface area contributed by atoms with Gasteiger partial charge >= 0.3 is 5.97 Å². The number of rotatable bonds is 9. The Balaban J connectivity index is 1.63. The molecule has 0 radical (unpaired) electrons. The molecule has 2 aromatic rings. The van der Waals surface area contributed by atoms with Crippen LogP contribution in [0.25, 0.3) is 0 Å². The van der Waals surface area contributed by atoms with Crippen LogP contribution in [0, 0.1) is 6.92 Å². The average molecular weight is 357 g/mol. The van der Waals surface area contributed by atoms with Crippen molar-refractivity contribution in [3.05, 3.63) is 59.7 Å². The summed E-state index contributed by atoms with van der Waals surface area (Å²) in [6.45, 7) is 2.17. The second kappa shape index (κ2) is 10.1. The molecule has 6 nitrogen and oxygen atoms in total. The summed E-state index contributed by atoms with van der Waals surface area (Å²) in [4.78, 5) is 23.5. The molecule has 1 N–H and O–H groups in total. The number of nitrogens with one attached hydrogen (secondary N) is 1. The molecule has 0 bridgehead atoms. The lowest BCUT2D eigenvalue weighted by molar-refractivity contribution is -0.149. The van der Waals surface area contributed by atoms with E-state index >= 15 is 0 Å². The van der Waals surface area contributed by atoms with Gasteiger partial charge in [0.15, 0.2) is 6.61 Å². The molecule has 0 aliphatic rings. The zero-order chi connectivity index (χ0) is 18.8. The Morgan fingerprint density at radius 3 is 2.50 bits per heavy atom. The number of methoxy groups -OCH3 is 1. The monoisotopic (exact) mass is 357 g/mol. The highest BCUT2D eigenvalue weighted by Crippen LogP contribution is 2.16. The van der Waals surface area contributed by atoms with Gasteiger partial charge in [-0.25, -0.2) is 0 Å². The smallest absolute Gasteiger partial charge is 0.309 e. The number of aryl methyl sites for hydroxylation is 1. The van der Waals surface area contributed by atoms with Crippen LogP contribution in [0.1, 0.15) is 17.5 Å². The Labute approximate surface area is 153 Å². The quantitative estimate of drug-likeness (QED) is 0.699. The van der Waals surface area contributed by atoms with Gasteiger partial charge in [0.25, 0.3) is 5.91 Å². The topological polar surface area (TPSA) is 73.9 Å². The third-order valence-corrected chi connectivity index (χ3v) is 3.63. The minimum atomic E-state index is -0.482. The summed E-state index contributed by atoms with van der Waals surface area (Å²) in [6.07, 6.45) is 0.0770. The minimum Gasteiger partial charge on any atom is -0.496 e. The van der Waals surface area contributed by atoms with Gasteiger partial charge < -0.3 is 19.5 Å². The molecule has 2 aromatic carbocycles. The van der Waals surface area contributed by atoms with E-state index in [4.69, 9.17) is 14.2 Å². The molecule has 2 rings (SSSR count). The largest absolute Gasteiger partial charge is 0.496 e. The maximum atomic E-state index is 11.8. The molecule has 0 aliphatic heterocycles. The molecule has 0 heterocycles. The fraction of sp³-hybridized carbons (Fsp3) is 0.300. The van der Waals surface area contributed by atoms with Crippen molar-refractivity contribution in [3.8, 4) is 11.5 Å². The lowest BCUT2D eigenvalue weighted by Gasteiger charge is -2.10. The number of ether oxygens (including phenoxy) is 3. The summed E-state index contributed by atoms with van der Waals surface area (Å²) in [7, 11) is 1.57. The Hall–Kier alpha value is -3.02. The summed E-state index contributed by atoms with van der Waals surface area (Å²) < 4.78 is 15.6. The van der Waals surface area contributed by atoms with E-state index in [2.05, 4.69) is 5.32 Å². The molecule has 138 valence electrons. The highest BCUT2D eigenvalue weighted by Gasteiger charge is 2.09. The Morgan fingerprint density at radius 2 is 1.77 bits per heavy atom. The molecule has 0 saturated carbocycles. The van der Waals surface area contributed by atoms with E-state index in [1.54, 1.807) is 7.11 Å². The van der Waals surface area contributed by atoms with Gasteiger partial charge in [-0.2, -0.15) is 0 Å². The van der Waals surface area contributed by atoms with E-state index in [-0.39, 0.29) is 25.5 Å². The summed E-state index contributed by atoms with van der Waals surface area (Å²) in [5.41, 5.74) is 1.98. The molecule has 0 spiro atoms. The molecule has 26 heavy (non-hydrogen) atoms. The van der Waals surface area contributed by atoms with Crippen LogP contribution in [0.15, 0.2) is 48.5 Å². The van der Waals surface area contributed by atoms with Crippen LogP contribution in [-0.4, -0.2) is 32.2 Å². The third kappa shape index (κ3) is 6.47. The first-order chi connectivity index (χ1) is 12.6. The number of amides is 1. The number of para-hydroxylation sites is 1. The fourth-order valence-corrected chi connectivity index (χ4v) is 2.20. The van der Waals surface area contributed by atoms with Crippen LogP contribution in [0.3, 0.4) is 0 Å². The van der Waals surface area contributed by atoms with E-state index in [0.29, 0.717) is 18.0 Å². The van der Waals surface area contributed by atoms with Crippen molar-refractivity contribution in [2.75, 3.05) is 20.3 Å². The predicted octanol–water partition coefficient (Wildman–Crippen LogP) is 2.63. The summed E-state index contributed by atoms with van der Waals surface area (Å²) in [5.74, 6) is 0.532. The highest BCUT2D eigenvalue weighted by molar-refractivity contribution is 5.80. The van der Waals surface area contributed by atoms with Gasteiger partial charge in [0, 0.05) is 12.1 Å². The van der Waals surface area contributed by atoms with E-state index in [0.717, 1.165) is 11.1 Å². The maximum absolute atomic E-state index is 11.8. The fourth-order valence-electron chi connectivity index (χ4n) is 2.20. The highest BCUT2D eigenvalue weighted by atomic mass is 16.5. The van der Waals surface area contributed by atoms with Crippen molar-refractivity contribution >= 4 is 11.9 Å². The number of carbonyl (C=O) groups is 2. The summed E-state index contributed by atoms with van der Waals surface area (Å²) >= 11 is 0. The molecule has 0 fully saturated rings. The van der Waals surface area contributed by atoms with Gasteiger partial charge in [0.1, 0.15) is 11.5 Å². The van der Waals surface area contributed by atoms with Crippen LogP contribution in [0.2, 0.25) is 0 Å². The van der Waals surface area contributed by atoms with Crippen molar-refractivity contribution < 1.29 is 23.8 Å². The maximum Gasteiger partial charge on any atom is 0.309 e. The van der Waals surface area contributed by atoms with Gasteiger partial charge in [-0.1, -0.05) is 35.9 Å². The first-order valence-electron chi connectivity index (χ1n) is 8.32. The van der Waals surface area contributed by atoms with Crippen molar-refractivity contribution in [2.24, 2.45) is 0 Å². The predicted molar refractivity (Wildman–Crippen MR) is 97.1 cm³/mol. The molecule has 0 aliphatic carbocycles. The van der Waals surface area contributed by atoms with E-state index in [1.807, 2.05) is 55.5 Å². The standard InChI is InChI=1S/C20H23NO5/c1-15-7-9-17(10-8-15)25-12-11-20(23)26-14-19(22)21-13-16-5-3-4-6-18(16)24-2/h3-10H,11-14H2,1-2H3,(H,21,22). The molecular formula is C20H23NO5. The molecule has 0 atom stereocenters. The van der Waals surface area contributed by atoms with Crippen LogP contribution in [0.5, 0.6) is 11.5 Å². The number of esters is 1. The van der Waals surface area contributed by atoms with Crippen LogP contribution in [-0.2, 0) is 20.9 Å². The van der Waals surface area contributed by atoms with E-state index in [1.165, 1.54) is 0 Å². The van der Waals surface area contributed by atoms with Gasteiger partial charge in [-0.3, -0.25) is 9.59 Å². The zero-order valence-corrected chi connectivity index (χ0v) is 15.0. The first-order valence-corrected chi connectivity index (χ1v) is 8.32. The second-order valence-electron chi connectivity index (χ2n) is 5.66. The number of hydrogen-bond donors (Lipinski definition) is 1. The molecular weight excluding hydrogens is 334 g/mol. The number of carbonyl (C=O) groups excluding carboxylic acids is 2.